The normalized spacial score (nSPS) is 14.0. The van der Waals surface area contributed by atoms with E-state index in [2.05, 4.69) is 18.3 Å². The molecule has 1 fully saturated rings. The fourth-order valence-corrected chi connectivity index (χ4v) is 3.91. The summed E-state index contributed by atoms with van der Waals surface area (Å²) >= 11 is 1.62. The van der Waals surface area contributed by atoms with E-state index in [9.17, 15) is 9.59 Å². The molecular weight excluding hydrogens is 294 g/mol. The van der Waals surface area contributed by atoms with Crippen LogP contribution in [-0.2, 0) is 10.5 Å². The Morgan fingerprint density at radius 1 is 1.23 bits per heavy atom. The topological polar surface area (TPSA) is 46.2 Å². The number of nitrogens with one attached hydrogen (secondary N) is 1. The molecule has 0 bridgehead atoms. The lowest BCUT2D eigenvalue weighted by molar-refractivity contribution is -0.118. The fraction of sp³-hybridized carbons (Fsp3) is 0.556. The van der Waals surface area contributed by atoms with Crippen molar-refractivity contribution >= 4 is 23.5 Å². The summed E-state index contributed by atoms with van der Waals surface area (Å²) in [5, 5.41) is 2.98. The van der Waals surface area contributed by atoms with E-state index in [0.717, 1.165) is 29.0 Å². The first-order chi connectivity index (χ1) is 10.4. The first-order valence-corrected chi connectivity index (χ1v) is 9.00. The second-order valence-electron chi connectivity index (χ2n) is 6.29. The molecule has 0 saturated heterocycles. The number of carbonyl (C=O) groups excluding carboxylic acids is 2. The second-order valence-corrected chi connectivity index (χ2v) is 7.27. The zero-order chi connectivity index (χ0) is 16.3. The molecule has 1 aliphatic rings. The van der Waals surface area contributed by atoms with Gasteiger partial charge in [-0.25, -0.2) is 0 Å². The van der Waals surface area contributed by atoms with Crippen LogP contribution in [-0.4, -0.2) is 24.0 Å². The van der Waals surface area contributed by atoms with Gasteiger partial charge in [-0.3, -0.25) is 9.59 Å². The Labute approximate surface area is 137 Å². The van der Waals surface area contributed by atoms with Crippen LogP contribution in [0.3, 0.4) is 0 Å². The summed E-state index contributed by atoms with van der Waals surface area (Å²) in [6.45, 7) is 8.52. The van der Waals surface area contributed by atoms with Gasteiger partial charge in [-0.2, -0.15) is 0 Å². The van der Waals surface area contributed by atoms with Gasteiger partial charge in [0.2, 0.25) is 5.91 Å². The molecule has 120 valence electrons. The summed E-state index contributed by atoms with van der Waals surface area (Å²) in [7, 11) is 0. The maximum atomic E-state index is 11.8. The monoisotopic (exact) mass is 319 g/mol. The Kier molecular flexibility index (Phi) is 5.68. The lowest BCUT2D eigenvalue weighted by Crippen LogP contribution is -2.27. The quantitative estimate of drug-likeness (QED) is 0.782. The molecule has 0 heterocycles. The van der Waals surface area contributed by atoms with Crippen LogP contribution in [0, 0.1) is 26.7 Å². The molecule has 1 N–H and O–H groups in total. The fourth-order valence-electron chi connectivity index (χ4n) is 2.87. The van der Waals surface area contributed by atoms with Crippen LogP contribution in [0.4, 0.5) is 0 Å². The number of thioether (sulfide) groups is 1. The number of carbonyl (C=O) groups is 2. The van der Waals surface area contributed by atoms with Crippen molar-refractivity contribution in [1.82, 2.24) is 5.32 Å². The molecule has 1 aromatic carbocycles. The highest BCUT2D eigenvalue weighted by Crippen LogP contribution is 2.28. The summed E-state index contributed by atoms with van der Waals surface area (Å²) < 4.78 is 0. The van der Waals surface area contributed by atoms with Gasteiger partial charge in [-0.1, -0.05) is 6.07 Å². The first-order valence-electron chi connectivity index (χ1n) is 7.85. The molecule has 1 amide bonds. The lowest BCUT2D eigenvalue weighted by Gasteiger charge is -2.15. The SMILES string of the molecule is CC(=O)c1c(C)cc(C)c(CSCC(=O)NCC2CC2)c1C. The van der Waals surface area contributed by atoms with Crippen LogP contribution in [0.5, 0.6) is 0 Å². The van der Waals surface area contributed by atoms with Gasteiger partial charge in [-0.05, 0) is 68.7 Å². The maximum absolute atomic E-state index is 11.8. The third-order valence-corrected chi connectivity index (χ3v) is 5.21. The van der Waals surface area contributed by atoms with Gasteiger partial charge >= 0.3 is 0 Å². The summed E-state index contributed by atoms with van der Waals surface area (Å²) in [6.07, 6.45) is 2.51. The third kappa shape index (κ3) is 4.35. The average molecular weight is 319 g/mol. The van der Waals surface area contributed by atoms with Crippen molar-refractivity contribution in [2.75, 3.05) is 12.3 Å². The Balaban J connectivity index is 1.95. The summed E-state index contributed by atoms with van der Waals surface area (Å²) in [6, 6.07) is 2.08. The highest BCUT2D eigenvalue weighted by atomic mass is 32.2. The molecule has 0 aromatic heterocycles. The zero-order valence-electron chi connectivity index (χ0n) is 13.9. The molecule has 2 rings (SSSR count). The highest BCUT2D eigenvalue weighted by molar-refractivity contribution is 7.99. The molecule has 0 aliphatic heterocycles. The van der Waals surface area contributed by atoms with E-state index in [4.69, 9.17) is 0 Å². The molecule has 1 aromatic rings. The van der Waals surface area contributed by atoms with Crippen LogP contribution in [0.15, 0.2) is 6.07 Å². The van der Waals surface area contributed by atoms with E-state index in [1.165, 1.54) is 24.0 Å². The van der Waals surface area contributed by atoms with Crippen LogP contribution in [0.1, 0.15) is 52.4 Å². The Hall–Kier alpha value is -1.29. The molecule has 1 aliphatic carbocycles. The summed E-state index contributed by atoms with van der Waals surface area (Å²) in [4.78, 5) is 23.6. The Morgan fingerprint density at radius 2 is 1.91 bits per heavy atom. The minimum Gasteiger partial charge on any atom is -0.355 e. The van der Waals surface area contributed by atoms with E-state index < -0.39 is 0 Å². The van der Waals surface area contributed by atoms with E-state index >= 15 is 0 Å². The van der Waals surface area contributed by atoms with Gasteiger partial charge in [0, 0.05) is 17.9 Å². The largest absolute Gasteiger partial charge is 0.355 e. The predicted octanol–water partition coefficient (Wildman–Crippen LogP) is 3.57. The smallest absolute Gasteiger partial charge is 0.230 e. The molecule has 22 heavy (non-hydrogen) atoms. The highest BCUT2D eigenvalue weighted by Gasteiger charge is 2.21. The number of hydrogen-bond donors (Lipinski definition) is 1. The number of ketones is 1. The van der Waals surface area contributed by atoms with Gasteiger partial charge in [0.25, 0.3) is 0 Å². The standard InChI is InChI=1S/C18H25NO2S/c1-11-7-12(2)18(14(4)20)13(3)16(11)9-22-10-17(21)19-8-15-5-6-15/h7,15H,5-6,8-10H2,1-4H3,(H,19,21). The number of amides is 1. The first kappa shape index (κ1) is 17.1. The van der Waals surface area contributed by atoms with E-state index in [1.54, 1.807) is 18.7 Å². The third-order valence-electron chi connectivity index (χ3n) is 4.25. The minimum atomic E-state index is 0.114. The van der Waals surface area contributed by atoms with Crippen molar-refractivity contribution in [3.8, 4) is 0 Å². The summed E-state index contributed by atoms with van der Waals surface area (Å²) in [5.74, 6) is 2.20. The summed E-state index contributed by atoms with van der Waals surface area (Å²) in [5.41, 5.74) is 5.33. The molecule has 0 radical (unpaired) electrons. The number of hydrogen-bond acceptors (Lipinski definition) is 3. The van der Waals surface area contributed by atoms with Crippen molar-refractivity contribution in [2.45, 2.75) is 46.3 Å². The van der Waals surface area contributed by atoms with Crippen molar-refractivity contribution in [3.63, 3.8) is 0 Å². The van der Waals surface area contributed by atoms with E-state index in [1.807, 2.05) is 13.8 Å². The molecule has 0 atom stereocenters. The van der Waals surface area contributed by atoms with E-state index in [-0.39, 0.29) is 11.7 Å². The molecule has 3 nitrogen and oxygen atoms in total. The van der Waals surface area contributed by atoms with Gasteiger partial charge in [0.1, 0.15) is 0 Å². The molecule has 0 unspecified atom stereocenters. The molecule has 0 spiro atoms. The average Bonchev–Trinajstić information content (AvgIpc) is 3.23. The van der Waals surface area contributed by atoms with Crippen LogP contribution in [0.2, 0.25) is 0 Å². The zero-order valence-corrected chi connectivity index (χ0v) is 14.7. The van der Waals surface area contributed by atoms with Gasteiger partial charge in [0.15, 0.2) is 5.78 Å². The lowest BCUT2D eigenvalue weighted by atomic mass is 9.92. The van der Waals surface area contributed by atoms with Crippen molar-refractivity contribution in [3.05, 3.63) is 33.9 Å². The minimum absolute atomic E-state index is 0.114. The van der Waals surface area contributed by atoms with Gasteiger partial charge in [-0.15, -0.1) is 11.8 Å². The van der Waals surface area contributed by atoms with E-state index in [0.29, 0.717) is 11.7 Å². The van der Waals surface area contributed by atoms with Gasteiger partial charge in [0.05, 0.1) is 5.75 Å². The number of benzene rings is 1. The maximum Gasteiger partial charge on any atom is 0.230 e. The molecule has 4 heteroatoms. The van der Waals surface area contributed by atoms with Crippen molar-refractivity contribution in [1.29, 1.82) is 0 Å². The second kappa shape index (κ2) is 7.32. The van der Waals surface area contributed by atoms with Crippen molar-refractivity contribution in [2.24, 2.45) is 5.92 Å². The number of aryl methyl sites for hydroxylation is 2. The predicted molar refractivity (Wildman–Crippen MR) is 92.6 cm³/mol. The Bertz CT molecular complexity index is 591. The van der Waals surface area contributed by atoms with Crippen molar-refractivity contribution < 1.29 is 9.59 Å². The number of Topliss-reactive ketones (excluding diaryl/α,β-unsaturated/α-hetero) is 1. The van der Waals surface area contributed by atoms with Crippen LogP contribution < -0.4 is 5.32 Å². The van der Waals surface area contributed by atoms with Crippen LogP contribution >= 0.6 is 11.8 Å². The number of rotatable bonds is 7. The Morgan fingerprint density at radius 3 is 2.50 bits per heavy atom. The molecule has 1 saturated carbocycles. The van der Waals surface area contributed by atoms with Crippen LogP contribution in [0.25, 0.3) is 0 Å². The molecular formula is C18H25NO2S. The van der Waals surface area contributed by atoms with Gasteiger partial charge < -0.3 is 5.32 Å².